The lowest BCUT2D eigenvalue weighted by Gasteiger charge is -2.27. The number of alkyl halides is 3. The molecule has 0 aromatic heterocycles. The van der Waals surface area contributed by atoms with Gasteiger partial charge in [0.25, 0.3) is 0 Å². The monoisotopic (exact) mass is 337 g/mol. The van der Waals surface area contributed by atoms with Gasteiger partial charge in [0.2, 0.25) is 0 Å². The second-order valence-corrected chi connectivity index (χ2v) is 6.20. The van der Waals surface area contributed by atoms with Crippen molar-refractivity contribution >= 4 is 17.5 Å². The van der Waals surface area contributed by atoms with Gasteiger partial charge in [0.05, 0.1) is 16.9 Å². The summed E-state index contributed by atoms with van der Waals surface area (Å²) >= 11 is 0. The average Bonchev–Trinajstić information content (AvgIpc) is 2.46. The molecule has 0 aliphatic heterocycles. The minimum Gasteiger partial charge on any atom is -0.443 e. The van der Waals surface area contributed by atoms with E-state index in [1.165, 1.54) is 17.0 Å². The van der Waals surface area contributed by atoms with E-state index >= 15 is 0 Å². The molecule has 2 aromatic rings. The zero-order valence-corrected chi connectivity index (χ0v) is 13.6. The maximum atomic E-state index is 12.7. The predicted octanol–water partition coefficient (Wildman–Crippen LogP) is 5.78. The van der Waals surface area contributed by atoms with Crippen LogP contribution in [0.1, 0.15) is 26.3 Å². The number of carbonyl (C=O) groups excluding carboxylic acids is 1. The maximum Gasteiger partial charge on any atom is 0.419 e. The van der Waals surface area contributed by atoms with E-state index in [4.69, 9.17) is 4.74 Å². The number of hydrogen-bond donors (Lipinski definition) is 0. The number of anilines is 2. The van der Waals surface area contributed by atoms with E-state index in [-0.39, 0.29) is 0 Å². The maximum absolute atomic E-state index is 12.7. The van der Waals surface area contributed by atoms with Crippen LogP contribution in [-0.4, -0.2) is 11.7 Å². The fourth-order valence-corrected chi connectivity index (χ4v) is 2.04. The van der Waals surface area contributed by atoms with Crippen LogP contribution in [0.5, 0.6) is 0 Å². The lowest BCUT2D eigenvalue weighted by Crippen LogP contribution is -2.33. The number of hydrogen-bond acceptors (Lipinski definition) is 2. The molecule has 0 aliphatic carbocycles. The van der Waals surface area contributed by atoms with Crippen molar-refractivity contribution in [2.45, 2.75) is 32.5 Å². The van der Waals surface area contributed by atoms with Gasteiger partial charge in [0.1, 0.15) is 5.60 Å². The molecule has 6 heteroatoms. The molecule has 0 unspecified atom stereocenters. The highest BCUT2D eigenvalue weighted by molar-refractivity contribution is 5.96. The number of rotatable bonds is 2. The Morgan fingerprint density at radius 3 is 1.83 bits per heavy atom. The van der Waals surface area contributed by atoms with E-state index in [2.05, 4.69) is 0 Å². The van der Waals surface area contributed by atoms with Gasteiger partial charge in [-0.05, 0) is 57.2 Å². The third-order valence-corrected chi connectivity index (χ3v) is 3.04. The van der Waals surface area contributed by atoms with E-state index in [0.29, 0.717) is 11.4 Å². The molecule has 0 saturated carbocycles. The van der Waals surface area contributed by atoms with Crippen LogP contribution >= 0.6 is 0 Å². The highest BCUT2D eigenvalue weighted by Gasteiger charge is 2.31. The Bertz CT molecular complexity index is 689. The van der Waals surface area contributed by atoms with Gasteiger partial charge in [0, 0.05) is 0 Å². The second-order valence-electron chi connectivity index (χ2n) is 6.20. The predicted molar refractivity (Wildman–Crippen MR) is 86.3 cm³/mol. The van der Waals surface area contributed by atoms with Crippen molar-refractivity contribution in [1.82, 2.24) is 0 Å². The average molecular weight is 337 g/mol. The third kappa shape index (κ3) is 4.50. The SMILES string of the molecule is CC(C)(C)OC(=O)N(c1ccccc1)c1ccc(C(F)(F)F)cc1. The first-order valence-electron chi connectivity index (χ1n) is 7.33. The summed E-state index contributed by atoms with van der Waals surface area (Å²) in [7, 11) is 0. The van der Waals surface area contributed by atoms with Gasteiger partial charge in [-0.3, -0.25) is 0 Å². The Labute approximate surface area is 138 Å². The first-order chi connectivity index (χ1) is 11.1. The summed E-state index contributed by atoms with van der Waals surface area (Å²) in [6, 6.07) is 13.0. The summed E-state index contributed by atoms with van der Waals surface area (Å²) in [6.07, 6.45) is -5.09. The molecule has 0 atom stereocenters. The number of para-hydroxylation sites is 1. The first-order valence-corrected chi connectivity index (χ1v) is 7.33. The summed E-state index contributed by atoms with van der Waals surface area (Å²) < 4.78 is 43.5. The van der Waals surface area contributed by atoms with Crippen molar-refractivity contribution in [3.8, 4) is 0 Å². The normalized spacial score (nSPS) is 11.9. The fraction of sp³-hybridized carbons (Fsp3) is 0.278. The second kappa shape index (κ2) is 6.55. The molecular weight excluding hydrogens is 319 g/mol. The minimum absolute atomic E-state index is 0.295. The van der Waals surface area contributed by atoms with Gasteiger partial charge in [-0.1, -0.05) is 18.2 Å². The van der Waals surface area contributed by atoms with Crippen LogP contribution in [0.3, 0.4) is 0 Å². The van der Waals surface area contributed by atoms with Crippen molar-refractivity contribution < 1.29 is 22.7 Å². The van der Waals surface area contributed by atoms with Crippen LogP contribution in [0, 0.1) is 0 Å². The first kappa shape index (κ1) is 17.8. The number of halogens is 3. The van der Waals surface area contributed by atoms with Crippen LogP contribution < -0.4 is 4.90 Å². The van der Waals surface area contributed by atoms with E-state index in [9.17, 15) is 18.0 Å². The molecule has 0 radical (unpaired) electrons. The van der Waals surface area contributed by atoms with Gasteiger partial charge in [0.15, 0.2) is 0 Å². The Balaban J connectivity index is 2.41. The van der Waals surface area contributed by atoms with Crippen LogP contribution in [0.4, 0.5) is 29.3 Å². The summed E-state index contributed by atoms with van der Waals surface area (Å²) in [5.41, 5.74) is -0.700. The molecular formula is C18H18F3NO2. The summed E-state index contributed by atoms with van der Waals surface area (Å²) in [5, 5.41) is 0. The Morgan fingerprint density at radius 1 is 0.875 bits per heavy atom. The van der Waals surface area contributed by atoms with E-state index in [0.717, 1.165) is 12.1 Å². The Morgan fingerprint density at radius 2 is 1.38 bits per heavy atom. The third-order valence-electron chi connectivity index (χ3n) is 3.04. The van der Waals surface area contributed by atoms with Crippen LogP contribution in [0.15, 0.2) is 54.6 Å². The molecule has 3 nitrogen and oxygen atoms in total. The van der Waals surface area contributed by atoms with Crippen LogP contribution in [0.2, 0.25) is 0 Å². The highest BCUT2D eigenvalue weighted by Crippen LogP contribution is 2.33. The van der Waals surface area contributed by atoms with Gasteiger partial charge < -0.3 is 4.74 Å². The van der Waals surface area contributed by atoms with Gasteiger partial charge in [-0.25, -0.2) is 9.69 Å². The molecule has 0 N–H and O–H groups in total. The van der Waals surface area contributed by atoms with Gasteiger partial charge in [-0.2, -0.15) is 13.2 Å². The topological polar surface area (TPSA) is 29.5 Å². The number of amides is 1. The summed E-state index contributed by atoms with van der Waals surface area (Å²) in [6.45, 7) is 5.17. The largest absolute Gasteiger partial charge is 0.443 e. The molecule has 0 aliphatic rings. The Hall–Kier alpha value is -2.50. The molecule has 0 heterocycles. The van der Waals surface area contributed by atoms with Crippen molar-refractivity contribution in [2.75, 3.05) is 4.90 Å². The summed E-state index contributed by atoms with van der Waals surface area (Å²) in [4.78, 5) is 13.8. The number of benzene rings is 2. The molecule has 2 aromatic carbocycles. The van der Waals surface area contributed by atoms with Crippen molar-refractivity contribution in [1.29, 1.82) is 0 Å². The highest BCUT2D eigenvalue weighted by atomic mass is 19.4. The smallest absolute Gasteiger partial charge is 0.419 e. The minimum atomic E-state index is -4.43. The lowest BCUT2D eigenvalue weighted by atomic mass is 10.1. The Kier molecular flexibility index (Phi) is 4.87. The van der Waals surface area contributed by atoms with Gasteiger partial charge >= 0.3 is 12.3 Å². The lowest BCUT2D eigenvalue weighted by molar-refractivity contribution is -0.137. The van der Waals surface area contributed by atoms with E-state index in [1.807, 2.05) is 0 Å². The molecule has 0 bridgehead atoms. The zero-order valence-electron chi connectivity index (χ0n) is 13.6. The molecule has 2 rings (SSSR count). The van der Waals surface area contributed by atoms with Crippen molar-refractivity contribution in [3.05, 3.63) is 60.2 Å². The van der Waals surface area contributed by atoms with Gasteiger partial charge in [-0.15, -0.1) is 0 Å². The molecule has 0 saturated heterocycles. The van der Waals surface area contributed by atoms with Crippen molar-refractivity contribution in [2.24, 2.45) is 0 Å². The van der Waals surface area contributed by atoms with E-state index in [1.54, 1.807) is 51.1 Å². The summed E-state index contributed by atoms with van der Waals surface area (Å²) in [5.74, 6) is 0. The zero-order chi connectivity index (χ0) is 18.0. The molecule has 128 valence electrons. The van der Waals surface area contributed by atoms with E-state index < -0.39 is 23.4 Å². The quantitative estimate of drug-likeness (QED) is 0.695. The molecule has 24 heavy (non-hydrogen) atoms. The standard InChI is InChI=1S/C18H18F3NO2/c1-17(2,3)24-16(23)22(14-7-5-4-6-8-14)15-11-9-13(10-12-15)18(19,20)21/h4-12H,1-3H3. The molecule has 0 spiro atoms. The number of nitrogens with zero attached hydrogens (tertiary/aromatic N) is 1. The van der Waals surface area contributed by atoms with Crippen molar-refractivity contribution in [3.63, 3.8) is 0 Å². The van der Waals surface area contributed by atoms with Crippen LogP contribution in [-0.2, 0) is 10.9 Å². The molecule has 1 amide bonds. The molecule has 0 fully saturated rings. The fourth-order valence-electron chi connectivity index (χ4n) is 2.04. The van der Waals surface area contributed by atoms with Crippen LogP contribution in [0.25, 0.3) is 0 Å². The number of carbonyl (C=O) groups is 1. The number of ether oxygens (including phenoxy) is 1.